The normalized spacial score (nSPS) is 19.6. The molecule has 0 spiro atoms. The third kappa shape index (κ3) is 6.34. The lowest BCUT2D eigenvalue weighted by Gasteiger charge is -2.19. The molecule has 1 aliphatic rings. The fraction of sp³-hybridized carbons (Fsp3) is 0.625. The molecule has 0 radical (unpaired) electrons. The van der Waals surface area contributed by atoms with Crippen molar-refractivity contribution in [2.75, 3.05) is 7.11 Å². The van der Waals surface area contributed by atoms with Crippen LogP contribution in [-0.2, 0) is 16.0 Å². The van der Waals surface area contributed by atoms with E-state index in [0.29, 0.717) is 6.42 Å². The monoisotopic (exact) mass is 386 g/mol. The summed E-state index contributed by atoms with van der Waals surface area (Å²) < 4.78 is 6.13. The summed E-state index contributed by atoms with van der Waals surface area (Å²) in [4.78, 5) is 12.7. The number of benzene rings is 1. The van der Waals surface area contributed by atoms with Crippen molar-refractivity contribution in [3.63, 3.8) is 0 Å². The average molecular weight is 387 g/mol. The van der Waals surface area contributed by atoms with Crippen LogP contribution in [0.25, 0.3) is 10.1 Å². The lowest BCUT2D eigenvalue weighted by molar-refractivity contribution is -0.140. The maximum atomic E-state index is 11.1. The van der Waals surface area contributed by atoms with E-state index >= 15 is 0 Å². The fourth-order valence-corrected chi connectivity index (χ4v) is 5.81. The van der Waals surface area contributed by atoms with Gasteiger partial charge < -0.3 is 4.74 Å². The van der Waals surface area contributed by atoms with E-state index in [1.54, 1.807) is 4.88 Å². The van der Waals surface area contributed by atoms with Gasteiger partial charge in [-0.2, -0.15) is 0 Å². The number of hydrogen-bond acceptors (Lipinski definition) is 3. The summed E-state index contributed by atoms with van der Waals surface area (Å²) in [6.45, 7) is 0. The minimum Gasteiger partial charge on any atom is -0.469 e. The Morgan fingerprint density at radius 2 is 1.78 bits per heavy atom. The summed E-state index contributed by atoms with van der Waals surface area (Å²) in [7, 11) is 1.48. The fourth-order valence-electron chi connectivity index (χ4n) is 4.70. The second-order valence-corrected chi connectivity index (χ2v) is 9.29. The van der Waals surface area contributed by atoms with Crippen LogP contribution in [0.1, 0.15) is 75.5 Å². The predicted molar refractivity (Wildman–Crippen MR) is 115 cm³/mol. The molecule has 1 aromatic carbocycles. The lowest BCUT2D eigenvalue weighted by Crippen LogP contribution is -2.08. The number of carbonyl (C=O) groups is 1. The van der Waals surface area contributed by atoms with Crippen LogP contribution in [0.15, 0.2) is 30.3 Å². The van der Waals surface area contributed by atoms with Gasteiger partial charge in [0.05, 0.1) is 7.11 Å². The van der Waals surface area contributed by atoms with Gasteiger partial charge in [0.2, 0.25) is 0 Å². The minimum absolute atomic E-state index is 0.0653. The van der Waals surface area contributed by atoms with Crippen LogP contribution in [-0.4, -0.2) is 13.1 Å². The van der Waals surface area contributed by atoms with Crippen molar-refractivity contribution in [2.45, 2.75) is 77.0 Å². The molecular formula is C24H34O2S. The lowest BCUT2D eigenvalue weighted by atomic mass is 9.87. The SMILES string of the molecule is COC(=O)CCCCCC[C@H]1CCC[C@@H]1CCCc1cc2ccccc2s1. The van der Waals surface area contributed by atoms with E-state index in [1.807, 2.05) is 11.3 Å². The van der Waals surface area contributed by atoms with Crippen molar-refractivity contribution in [1.29, 1.82) is 0 Å². The summed E-state index contributed by atoms with van der Waals surface area (Å²) in [5.74, 6) is 1.84. The Morgan fingerprint density at radius 1 is 1.04 bits per heavy atom. The van der Waals surface area contributed by atoms with Gasteiger partial charge in [0.1, 0.15) is 0 Å². The first-order valence-electron chi connectivity index (χ1n) is 10.8. The maximum Gasteiger partial charge on any atom is 0.305 e. The number of aryl methyl sites for hydroxylation is 1. The molecule has 0 unspecified atom stereocenters. The predicted octanol–water partition coefficient (Wildman–Crippen LogP) is 7.15. The number of carbonyl (C=O) groups excluding carboxylic acids is 1. The second kappa shape index (κ2) is 10.8. The number of fused-ring (bicyclic) bond motifs is 1. The third-order valence-corrected chi connectivity index (χ3v) is 7.40. The summed E-state index contributed by atoms with van der Waals surface area (Å²) in [6.07, 6.45) is 15.0. The molecule has 1 saturated carbocycles. The van der Waals surface area contributed by atoms with Gasteiger partial charge in [-0.05, 0) is 55.0 Å². The van der Waals surface area contributed by atoms with Crippen molar-refractivity contribution in [3.05, 3.63) is 35.2 Å². The van der Waals surface area contributed by atoms with Gasteiger partial charge >= 0.3 is 5.97 Å². The first-order chi connectivity index (χ1) is 13.3. The van der Waals surface area contributed by atoms with Crippen molar-refractivity contribution in [1.82, 2.24) is 0 Å². The molecule has 0 bridgehead atoms. The van der Waals surface area contributed by atoms with Crippen LogP contribution >= 0.6 is 11.3 Å². The first-order valence-corrected chi connectivity index (χ1v) is 11.6. The molecule has 2 aromatic rings. The summed E-state index contributed by atoms with van der Waals surface area (Å²) in [5.41, 5.74) is 0. The van der Waals surface area contributed by atoms with E-state index in [1.165, 1.54) is 81.4 Å². The molecule has 148 valence electrons. The Balaban J connectivity index is 1.31. The number of rotatable bonds is 11. The third-order valence-electron chi connectivity index (χ3n) is 6.22. The Bertz CT molecular complexity index is 672. The van der Waals surface area contributed by atoms with Gasteiger partial charge in [0.15, 0.2) is 0 Å². The van der Waals surface area contributed by atoms with Gasteiger partial charge in [0, 0.05) is 16.0 Å². The molecule has 2 nitrogen and oxygen atoms in total. The number of hydrogen-bond donors (Lipinski definition) is 0. The van der Waals surface area contributed by atoms with Crippen LogP contribution in [0, 0.1) is 11.8 Å². The largest absolute Gasteiger partial charge is 0.469 e. The molecule has 3 heteroatoms. The maximum absolute atomic E-state index is 11.1. The number of esters is 1. The Labute approximate surface area is 168 Å². The number of unbranched alkanes of at least 4 members (excludes halogenated alkanes) is 3. The molecule has 1 fully saturated rings. The quantitative estimate of drug-likeness (QED) is 0.303. The zero-order valence-corrected chi connectivity index (χ0v) is 17.6. The van der Waals surface area contributed by atoms with Crippen molar-refractivity contribution in [2.24, 2.45) is 11.8 Å². The van der Waals surface area contributed by atoms with E-state index in [-0.39, 0.29) is 5.97 Å². The molecule has 0 aliphatic heterocycles. The average Bonchev–Trinajstić information content (AvgIpc) is 3.30. The standard InChI is InChI=1S/C24H34O2S/c1-26-24(25)17-5-3-2-4-10-19-12-8-13-20(19)14-9-15-22-18-21-11-6-7-16-23(21)27-22/h6-7,11,16,18-20H,2-5,8-10,12-15,17H2,1H3/t19-,20+/m0/s1. The second-order valence-electron chi connectivity index (χ2n) is 8.12. The summed E-state index contributed by atoms with van der Waals surface area (Å²) >= 11 is 1.97. The van der Waals surface area contributed by atoms with Gasteiger partial charge in [-0.15, -0.1) is 11.3 Å². The Hall–Kier alpha value is -1.35. The zero-order valence-electron chi connectivity index (χ0n) is 16.8. The van der Waals surface area contributed by atoms with Crippen molar-refractivity contribution >= 4 is 27.4 Å². The van der Waals surface area contributed by atoms with Gasteiger partial charge in [-0.3, -0.25) is 4.79 Å². The molecule has 1 aromatic heterocycles. The summed E-state index contributed by atoms with van der Waals surface area (Å²) in [6, 6.07) is 11.1. The molecule has 0 amide bonds. The van der Waals surface area contributed by atoms with E-state index < -0.39 is 0 Å². The highest BCUT2D eigenvalue weighted by Crippen LogP contribution is 2.38. The molecular weight excluding hydrogens is 352 g/mol. The van der Waals surface area contributed by atoms with E-state index in [4.69, 9.17) is 4.74 Å². The van der Waals surface area contributed by atoms with E-state index in [2.05, 4.69) is 30.3 Å². The molecule has 2 atom stereocenters. The highest BCUT2D eigenvalue weighted by atomic mass is 32.1. The number of thiophene rings is 1. The highest BCUT2D eigenvalue weighted by molar-refractivity contribution is 7.19. The van der Waals surface area contributed by atoms with Crippen LogP contribution < -0.4 is 0 Å². The van der Waals surface area contributed by atoms with Crippen molar-refractivity contribution in [3.8, 4) is 0 Å². The van der Waals surface area contributed by atoms with E-state index in [0.717, 1.165) is 18.3 Å². The molecule has 3 rings (SSSR count). The van der Waals surface area contributed by atoms with Gasteiger partial charge in [-0.25, -0.2) is 0 Å². The van der Waals surface area contributed by atoms with Crippen LogP contribution in [0.2, 0.25) is 0 Å². The minimum atomic E-state index is -0.0653. The van der Waals surface area contributed by atoms with Crippen molar-refractivity contribution < 1.29 is 9.53 Å². The highest BCUT2D eigenvalue weighted by Gasteiger charge is 2.26. The topological polar surface area (TPSA) is 26.3 Å². The number of methoxy groups -OCH3 is 1. The number of ether oxygens (including phenoxy) is 1. The van der Waals surface area contributed by atoms with E-state index in [9.17, 15) is 4.79 Å². The van der Waals surface area contributed by atoms with Gasteiger partial charge in [-0.1, -0.05) is 63.1 Å². The summed E-state index contributed by atoms with van der Waals surface area (Å²) in [5, 5.41) is 1.41. The first kappa shape index (κ1) is 20.4. The molecule has 0 saturated heterocycles. The van der Waals surface area contributed by atoms with Crippen LogP contribution in [0.3, 0.4) is 0 Å². The molecule has 0 N–H and O–H groups in total. The molecule has 1 heterocycles. The Kier molecular flexibility index (Phi) is 8.19. The molecule has 27 heavy (non-hydrogen) atoms. The zero-order chi connectivity index (χ0) is 18.9. The molecule has 1 aliphatic carbocycles. The smallest absolute Gasteiger partial charge is 0.305 e. The van der Waals surface area contributed by atoms with Gasteiger partial charge in [0.25, 0.3) is 0 Å². The van der Waals surface area contributed by atoms with Crippen LogP contribution in [0.4, 0.5) is 0 Å². The van der Waals surface area contributed by atoms with Crippen LogP contribution in [0.5, 0.6) is 0 Å². The Morgan fingerprint density at radius 3 is 2.56 bits per heavy atom.